The van der Waals surface area contributed by atoms with Crippen molar-refractivity contribution in [1.29, 1.82) is 0 Å². The Hall–Kier alpha value is -1.35. The first kappa shape index (κ1) is 21.9. The van der Waals surface area contributed by atoms with Crippen molar-refractivity contribution in [2.24, 2.45) is 0 Å². The number of halogens is 10. The first-order valence-electron chi connectivity index (χ1n) is 7.27. The van der Waals surface area contributed by atoms with E-state index < -0.39 is 45.0 Å². The van der Waals surface area contributed by atoms with Gasteiger partial charge in [0.1, 0.15) is 5.82 Å². The molecular formula is C17H9BrClF8. The third-order valence-electron chi connectivity index (χ3n) is 3.81. The van der Waals surface area contributed by atoms with E-state index in [1.165, 1.54) is 6.92 Å². The summed E-state index contributed by atoms with van der Waals surface area (Å²) in [4.78, 5) is 0. The minimum atomic E-state index is -6.35. The predicted octanol–water partition coefficient (Wildman–Crippen LogP) is 7.56. The van der Waals surface area contributed by atoms with Crippen LogP contribution in [0.1, 0.15) is 18.1 Å². The Bertz CT molecular complexity index is 843. The van der Waals surface area contributed by atoms with Gasteiger partial charge < -0.3 is 0 Å². The van der Waals surface area contributed by atoms with Crippen molar-refractivity contribution in [3.63, 3.8) is 0 Å². The largest absolute Gasteiger partial charge is 0.435 e. The van der Waals surface area contributed by atoms with E-state index in [9.17, 15) is 35.1 Å². The van der Waals surface area contributed by atoms with Crippen LogP contribution in [0.3, 0.4) is 0 Å². The van der Waals surface area contributed by atoms with Gasteiger partial charge in [-0.1, -0.05) is 24.6 Å². The highest BCUT2D eigenvalue weighted by molar-refractivity contribution is 9.10. The fraction of sp³-hybridized carbons (Fsp3) is 0.294. The Morgan fingerprint density at radius 1 is 1.00 bits per heavy atom. The van der Waals surface area contributed by atoms with E-state index in [2.05, 4.69) is 22.0 Å². The summed E-state index contributed by atoms with van der Waals surface area (Å²) < 4.78 is 108. The average molecular weight is 481 g/mol. The van der Waals surface area contributed by atoms with Gasteiger partial charge >= 0.3 is 18.0 Å². The molecule has 0 unspecified atom stereocenters. The standard InChI is InChI=1S/C17H9BrClF8/c1-2-8-5-11(15(21,16(22,23)24)17(25,26)27)14(12(18)6-8)10-7-9(19)3-4-13(10)20/h3-5,7H,2H2,1H3. The van der Waals surface area contributed by atoms with Gasteiger partial charge in [0.05, 0.1) is 0 Å². The molecule has 0 saturated carbocycles. The number of hydrogen-bond donors (Lipinski definition) is 0. The van der Waals surface area contributed by atoms with Gasteiger partial charge in [-0.15, -0.1) is 0 Å². The summed E-state index contributed by atoms with van der Waals surface area (Å²) in [5.74, 6) is -1.18. The van der Waals surface area contributed by atoms with Crippen LogP contribution < -0.4 is 0 Å². The molecule has 2 rings (SSSR count). The Kier molecular flexibility index (Phi) is 5.88. The third kappa shape index (κ3) is 3.81. The molecule has 0 bridgehead atoms. The predicted molar refractivity (Wildman–Crippen MR) is 87.7 cm³/mol. The lowest BCUT2D eigenvalue weighted by Crippen LogP contribution is -2.50. The minimum Gasteiger partial charge on any atom is -0.218 e. The van der Waals surface area contributed by atoms with Gasteiger partial charge in [0.2, 0.25) is 0 Å². The van der Waals surface area contributed by atoms with E-state index in [4.69, 9.17) is 11.6 Å². The van der Waals surface area contributed by atoms with Crippen molar-refractivity contribution in [1.82, 2.24) is 0 Å². The second-order valence-corrected chi connectivity index (χ2v) is 6.76. The highest BCUT2D eigenvalue weighted by Crippen LogP contribution is 2.56. The molecule has 10 heteroatoms. The summed E-state index contributed by atoms with van der Waals surface area (Å²) >= 11 is 8.49. The van der Waals surface area contributed by atoms with Crippen LogP contribution in [0.4, 0.5) is 35.1 Å². The van der Waals surface area contributed by atoms with Crippen LogP contribution in [0.15, 0.2) is 28.7 Å². The van der Waals surface area contributed by atoms with Gasteiger partial charge in [0.25, 0.3) is 0 Å². The molecule has 0 aliphatic carbocycles. The fourth-order valence-corrected chi connectivity index (χ4v) is 3.34. The van der Waals surface area contributed by atoms with E-state index in [0.29, 0.717) is 6.07 Å². The molecule has 0 aliphatic rings. The number of aryl methyl sites for hydroxylation is 1. The maximum Gasteiger partial charge on any atom is 0.435 e. The summed E-state index contributed by atoms with van der Waals surface area (Å²) in [6.07, 6.45) is -12.7. The molecule has 0 amide bonds. The number of alkyl halides is 7. The van der Waals surface area contributed by atoms with Crippen LogP contribution in [-0.4, -0.2) is 12.4 Å². The van der Waals surface area contributed by atoms with Crippen molar-refractivity contribution in [3.8, 4) is 11.1 Å². The van der Waals surface area contributed by atoms with Gasteiger partial charge in [-0.25, -0.2) is 8.78 Å². The van der Waals surface area contributed by atoms with Crippen LogP contribution in [-0.2, 0) is 12.1 Å². The van der Waals surface area contributed by atoms with Crippen LogP contribution >= 0.6 is 27.5 Å². The monoisotopic (exact) mass is 479 g/mol. The number of hydrogen-bond acceptors (Lipinski definition) is 0. The smallest absolute Gasteiger partial charge is 0.218 e. The SMILES string of the molecule is CCc1[c]c(Br)c(-c2cc(Cl)ccc2F)c(C(F)(C(F)(F)F)C(F)(F)F)c1. The zero-order valence-electron chi connectivity index (χ0n) is 13.3. The molecular weight excluding hydrogens is 472 g/mol. The summed E-state index contributed by atoms with van der Waals surface area (Å²) in [6, 6.07) is 5.50. The molecule has 0 heterocycles. The molecule has 0 spiro atoms. The van der Waals surface area contributed by atoms with E-state index >= 15 is 0 Å². The van der Waals surface area contributed by atoms with Crippen molar-refractivity contribution in [2.45, 2.75) is 31.4 Å². The first-order valence-corrected chi connectivity index (χ1v) is 8.44. The van der Waals surface area contributed by atoms with E-state index in [1.807, 2.05) is 0 Å². The molecule has 0 nitrogen and oxygen atoms in total. The molecule has 0 aromatic heterocycles. The number of benzene rings is 2. The first-order chi connectivity index (χ1) is 12.2. The lowest BCUT2D eigenvalue weighted by Gasteiger charge is -2.32. The van der Waals surface area contributed by atoms with Crippen molar-refractivity contribution >= 4 is 27.5 Å². The van der Waals surface area contributed by atoms with Crippen LogP contribution in [0.2, 0.25) is 5.02 Å². The molecule has 0 N–H and O–H groups in total. The highest BCUT2D eigenvalue weighted by atomic mass is 79.9. The molecule has 0 saturated heterocycles. The van der Waals surface area contributed by atoms with Crippen molar-refractivity contribution < 1.29 is 35.1 Å². The average Bonchev–Trinajstić information content (AvgIpc) is 2.53. The Morgan fingerprint density at radius 2 is 1.56 bits per heavy atom. The van der Waals surface area contributed by atoms with E-state index in [-0.39, 0.29) is 17.0 Å². The van der Waals surface area contributed by atoms with Gasteiger partial charge in [-0.2, -0.15) is 26.3 Å². The lowest BCUT2D eigenvalue weighted by atomic mass is 9.85. The molecule has 2 aromatic carbocycles. The lowest BCUT2D eigenvalue weighted by molar-refractivity contribution is -0.348. The molecule has 0 aliphatic heterocycles. The summed E-state index contributed by atoms with van der Waals surface area (Å²) in [6.45, 7) is 1.43. The minimum absolute atomic E-state index is 0.0320. The topological polar surface area (TPSA) is 0 Å². The highest BCUT2D eigenvalue weighted by Gasteiger charge is 2.74. The van der Waals surface area contributed by atoms with Crippen LogP contribution in [0, 0.1) is 11.9 Å². The molecule has 147 valence electrons. The summed E-state index contributed by atoms with van der Waals surface area (Å²) in [5, 5.41) is -0.160. The molecule has 0 fully saturated rings. The van der Waals surface area contributed by atoms with Crippen molar-refractivity contribution in [3.05, 3.63) is 56.8 Å². The molecule has 0 atom stereocenters. The van der Waals surface area contributed by atoms with Gasteiger partial charge in [0, 0.05) is 32.3 Å². The summed E-state index contributed by atoms with van der Waals surface area (Å²) in [7, 11) is 0. The quantitative estimate of drug-likeness (QED) is 0.398. The van der Waals surface area contributed by atoms with E-state index in [0.717, 1.165) is 18.2 Å². The maximum atomic E-state index is 14.8. The fourth-order valence-electron chi connectivity index (χ4n) is 2.48. The van der Waals surface area contributed by atoms with Crippen LogP contribution in [0.5, 0.6) is 0 Å². The van der Waals surface area contributed by atoms with Gasteiger partial charge in [-0.05, 0) is 46.1 Å². The van der Waals surface area contributed by atoms with Gasteiger partial charge in [0.15, 0.2) is 0 Å². The Balaban J connectivity index is 3.02. The van der Waals surface area contributed by atoms with Crippen LogP contribution in [0.25, 0.3) is 11.1 Å². The Labute approximate surface area is 162 Å². The zero-order valence-corrected chi connectivity index (χ0v) is 15.6. The molecule has 1 radical (unpaired) electrons. The maximum absolute atomic E-state index is 14.8. The zero-order chi connectivity index (χ0) is 20.8. The molecule has 27 heavy (non-hydrogen) atoms. The van der Waals surface area contributed by atoms with Gasteiger partial charge in [-0.3, -0.25) is 0 Å². The number of rotatable bonds is 3. The van der Waals surface area contributed by atoms with Crippen molar-refractivity contribution in [2.75, 3.05) is 0 Å². The summed E-state index contributed by atoms with van der Waals surface area (Å²) in [5.41, 5.74) is -9.33. The molecule has 2 aromatic rings. The Morgan fingerprint density at radius 3 is 2.04 bits per heavy atom. The normalized spacial score (nSPS) is 13.1. The second kappa shape index (κ2) is 7.24. The second-order valence-electron chi connectivity index (χ2n) is 5.53. The third-order valence-corrected chi connectivity index (χ3v) is 4.64. The van der Waals surface area contributed by atoms with E-state index in [1.54, 1.807) is 0 Å².